The van der Waals surface area contributed by atoms with Gasteiger partial charge in [0.1, 0.15) is 0 Å². The SMILES string of the molecule is CC1CCN(S(=O)(=O)c2ccc(C(=O)NC(C)c3nnc4ccccn34)cc2)CC1. The summed E-state index contributed by atoms with van der Waals surface area (Å²) in [5, 5.41) is 11.2. The fourth-order valence-electron chi connectivity index (χ4n) is 3.65. The predicted molar refractivity (Wildman–Crippen MR) is 112 cm³/mol. The Morgan fingerprint density at radius 3 is 2.50 bits per heavy atom. The lowest BCUT2D eigenvalue weighted by molar-refractivity contribution is 0.0938. The number of carbonyl (C=O) groups is 1. The molecule has 3 aromatic rings. The maximum absolute atomic E-state index is 12.8. The molecule has 1 amide bonds. The molecule has 9 heteroatoms. The maximum Gasteiger partial charge on any atom is 0.251 e. The van der Waals surface area contributed by atoms with Crippen molar-refractivity contribution in [3.8, 4) is 0 Å². The molecule has 4 rings (SSSR count). The summed E-state index contributed by atoms with van der Waals surface area (Å²) in [5.74, 6) is 0.871. The van der Waals surface area contributed by atoms with Crippen LogP contribution in [0, 0.1) is 5.92 Å². The lowest BCUT2D eigenvalue weighted by atomic mass is 10.0. The molecule has 1 unspecified atom stereocenters. The van der Waals surface area contributed by atoms with Crippen LogP contribution in [0.15, 0.2) is 53.6 Å². The van der Waals surface area contributed by atoms with E-state index in [1.165, 1.54) is 16.4 Å². The minimum atomic E-state index is -3.53. The van der Waals surface area contributed by atoms with E-state index in [1.807, 2.05) is 35.7 Å². The molecule has 0 bridgehead atoms. The van der Waals surface area contributed by atoms with E-state index in [9.17, 15) is 13.2 Å². The van der Waals surface area contributed by atoms with Crippen LogP contribution in [0.5, 0.6) is 0 Å². The van der Waals surface area contributed by atoms with Crippen molar-refractivity contribution >= 4 is 21.6 Å². The molecule has 2 aromatic heterocycles. The van der Waals surface area contributed by atoms with E-state index < -0.39 is 10.0 Å². The Morgan fingerprint density at radius 2 is 1.80 bits per heavy atom. The maximum atomic E-state index is 12.8. The number of benzene rings is 1. The van der Waals surface area contributed by atoms with E-state index >= 15 is 0 Å². The predicted octanol–water partition coefficient (Wildman–Crippen LogP) is 2.64. The highest BCUT2D eigenvalue weighted by Crippen LogP contribution is 2.23. The number of pyridine rings is 1. The first-order chi connectivity index (χ1) is 14.4. The minimum absolute atomic E-state index is 0.213. The number of fused-ring (bicyclic) bond motifs is 1. The first kappa shape index (κ1) is 20.5. The summed E-state index contributed by atoms with van der Waals surface area (Å²) < 4.78 is 29.0. The highest BCUT2D eigenvalue weighted by Gasteiger charge is 2.28. The number of nitrogens with zero attached hydrogens (tertiary/aromatic N) is 4. The van der Waals surface area contributed by atoms with Crippen molar-refractivity contribution in [2.75, 3.05) is 13.1 Å². The molecule has 30 heavy (non-hydrogen) atoms. The largest absolute Gasteiger partial charge is 0.342 e. The average molecular weight is 428 g/mol. The number of sulfonamides is 1. The third-order valence-corrected chi connectivity index (χ3v) is 7.48. The van der Waals surface area contributed by atoms with Gasteiger partial charge >= 0.3 is 0 Å². The van der Waals surface area contributed by atoms with Crippen molar-refractivity contribution in [1.29, 1.82) is 0 Å². The second-order valence-corrected chi connectivity index (χ2v) is 9.73. The van der Waals surface area contributed by atoms with Crippen LogP contribution in [-0.4, -0.2) is 46.3 Å². The number of hydrogen-bond donors (Lipinski definition) is 1. The van der Waals surface area contributed by atoms with Gasteiger partial charge in [-0.15, -0.1) is 10.2 Å². The van der Waals surface area contributed by atoms with Crippen LogP contribution in [0.3, 0.4) is 0 Å². The molecule has 1 aromatic carbocycles. The van der Waals surface area contributed by atoms with E-state index in [1.54, 1.807) is 12.1 Å². The van der Waals surface area contributed by atoms with Crippen molar-refractivity contribution in [1.82, 2.24) is 24.2 Å². The van der Waals surface area contributed by atoms with Crippen LogP contribution < -0.4 is 5.32 Å². The normalized spacial score (nSPS) is 17.1. The van der Waals surface area contributed by atoms with Crippen molar-refractivity contribution in [2.24, 2.45) is 5.92 Å². The Bertz CT molecular complexity index is 1150. The summed E-state index contributed by atoms with van der Waals surface area (Å²) in [6, 6.07) is 11.3. The van der Waals surface area contributed by atoms with Crippen molar-refractivity contribution < 1.29 is 13.2 Å². The quantitative estimate of drug-likeness (QED) is 0.675. The Hall–Kier alpha value is -2.78. The second kappa shape index (κ2) is 8.16. The van der Waals surface area contributed by atoms with Gasteiger partial charge in [0.05, 0.1) is 10.9 Å². The van der Waals surface area contributed by atoms with Gasteiger partial charge < -0.3 is 5.32 Å². The number of amides is 1. The molecule has 1 saturated heterocycles. The third kappa shape index (κ3) is 3.95. The van der Waals surface area contributed by atoms with Gasteiger partial charge in [0.15, 0.2) is 11.5 Å². The average Bonchev–Trinajstić information content (AvgIpc) is 3.18. The van der Waals surface area contributed by atoms with Gasteiger partial charge in [0.2, 0.25) is 10.0 Å². The molecule has 3 heterocycles. The lowest BCUT2D eigenvalue weighted by Gasteiger charge is -2.29. The summed E-state index contributed by atoms with van der Waals surface area (Å²) >= 11 is 0. The van der Waals surface area contributed by atoms with Crippen LogP contribution in [0.1, 0.15) is 48.9 Å². The molecule has 1 N–H and O–H groups in total. The molecular weight excluding hydrogens is 402 g/mol. The van der Waals surface area contributed by atoms with Gasteiger partial charge in [-0.1, -0.05) is 13.0 Å². The van der Waals surface area contributed by atoms with E-state index in [-0.39, 0.29) is 16.8 Å². The number of rotatable bonds is 5. The molecule has 0 radical (unpaired) electrons. The summed E-state index contributed by atoms with van der Waals surface area (Å²) in [6.45, 7) is 5.04. The standard InChI is InChI=1S/C21H25N5O3S/c1-15-10-13-25(14-11-15)30(28,29)18-8-6-17(7-9-18)21(27)22-16(2)20-24-23-19-5-3-4-12-26(19)20/h3-9,12,15-16H,10-11,13-14H2,1-2H3,(H,22,27). The monoisotopic (exact) mass is 427 g/mol. The first-order valence-electron chi connectivity index (χ1n) is 10.1. The zero-order valence-corrected chi connectivity index (χ0v) is 17.8. The zero-order chi connectivity index (χ0) is 21.3. The summed E-state index contributed by atoms with van der Waals surface area (Å²) in [6.07, 6.45) is 3.58. The molecule has 8 nitrogen and oxygen atoms in total. The fourth-order valence-corrected chi connectivity index (χ4v) is 5.12. The number of hydrogen-bond acceptors (Lipinski definition) is 5. The molecule has 158 valence electrons. The lowest BCUT2D eigenvalue weighted by Crippen LogP contribution is -2.37. The Kier molecular flexibility index (Phi) is 5.57. The molecule has 1 aliphatic heterocycles. The highest BCUT2D eigenvalue weighted by molar-refractivity contribution is 7.89. The molecular formula is C21H25N5O3S. The van der Waals surface area contributed by atoms with E-state index in [4.69, 9.17) is 0 Å². The van der Waals surface area contributed by atoms with E-state index in [2.05, 4.69) is 22.4 Å². The number of aromatic nitrogens is 3. The fraction of sp³-hybridized carbons (Fsp3) is 0.381. The Balaban J connectivity index is 1.46. The van der Waals surface area contributed by atoms with Crippen molar-refractivity contribution in [3.05, 3.63) is 60.0 Å². The van der Waals surface area contributed by atoms with Crippen LogP contribution in [0.25, 0.3) is 5.65 Å². The summed E-state index contributed by atoms with van der Waals surface area (Å²) in [7, 11) is -3.53. The molecule has 0 spiro atoms. The molecule has 1 atom stereocenters. The molecule has 1 aliphatic rings. The number of carbonyl (C=O) groups excluding carboxylic acids is 1. The topological polar surface area (TPSA) is 96.7 Å². The van der Waals surface area contributed by atoms with Gasteiger partial charge in [-0.3, -0.25) is 9.20 Å². The van der Waals surface area contributed by atoms with Gasteiger partial charge in [0.25, 0.3) is 5.91 Å². The minimum Gasteiger partial charge on any atom is -0.342 e. The van der Waals surface area contributed by atoms with Crippen LogP contribution in [0.4, 0.5) is 0 Å². The summed E-state index contributed by atoms with van der Waals surface area (Å²) in [4.78, 5) is 12.9. The van der Waals surface area contributed by atoms with Crippen LogP contribution in [0.2, 0.25) is 0 Å². The van der Waals surface area contributed by atoms with E-state index in [0.717, 1.165) is 12.8 Å². The summed E-state index contributed by atoms with van der Waals surface area (Å²) in [5.41, 5.74) is 1.09. The number of piperidine rings is 1. The smallest absolute Gasteiger partial charge is 0.251 e. The van der Waals surface area contributed by atoms with Gasteiger partial charge in [-0.25, -0.2) is 8.42 Å². The van der Waals surface area contributed by atoms with Gasteiger partial charge in [-0.2, -0.15) is 4.31 Å². The molecule has 0 aliphatic carbocycles. The van der Waals surface area contributed by atoms with Crippen LogP contribution in [-0.2, 0) is 10.0 Å². The Morgan fingerprint density at radius 1 is 1.10 bits per heavy atom. The third-order valence-electron chi connectivity index (χ3n) is 5.57. The Labute approximate surface area is 176 Å². The molecule has 1 fully saturated rings. The van der Waals surface area contributed by atoms with Crippen molar-refractivity contribution in [3.63, 3.8) is 0 Å². The van der Waals surface area contributed by atoms with E-state index in [0.29, 0.717) is 36.0 Å². The first-order valence-corrected chi connectivity index (χ1v) is 11.5. The second-order valence-electron chi connectivity index (χ2n) is 7.79. The van der Waals surface area contributed by atoms with Crippen LogP contribution >= 0.6 is 0 Å². The zero-order valence-electron chi connectivity index (χ0n) is 17.0. The van der Waals surface area contributed by atoms with Gasteiger partial charge in [0, 0.05) is 24.8 Å². The van der Waals surface area contributed by atoms with Gasteiger partial charge in [-0.05, 0) is 62.1 Å². The number of nitrogens with one attached hydrogen (secondary N) is 1. The van der Waals surface area contributed by atoms with Crippen molar-refractivity contribution in [2.45, 2.75) is 37.6 Å². The molecule has 0 saturated carbocycles. The highest BCUT2D eigenvalue weighted by atomic mass is 32.2.